The molecule has 11 rings (SSSR count). The SMILES string of the molecule is [C-]#[N+]c1ccc(-c2ccccc2-c2cc(-c3ccc(-c4ccc(-c5c6ccccc6c(-c6ccccc6)c6c5ccc5ccccc56)cc4)cc3)nc(-c3ccccc3)n2)cc1. The molecular weight excluding hydrogens is 751 g/mol. The van der Waals surface area contributed by atoms with Gasteiger partial charge >= 0.3 is 0 Å². The van der Waals surface area contributed by atoms with Crippen molar-refractivity contribution in [1.29, 1.82) is 0 Å². The molecule has 0 bridgehead atoms. The summed E-state index contributed by atoms with van der Waals surface area (Å²) in [6, 6.07) is 79.0. The van der Waals surface area contributed by atoms with E-state index in [2.05, 4.69) is 175 Å². The van der Waals surface area contributed by atoms with Crippen molar-refractivity contribution in [2.24, 2.45) is 0 Å². The van der Waals surface area contributed by atoms with E-state index in [1.807, 2.05) is 54.6 Å². The molecule has 11 aromatic rings. The highest BCUT2D eigenvalue weighted by molar-refractivity contribution is 6.27. The summed E-state index contributed by atoms with van der Waals surface area (Å²) in [5.74, 6) is 0.667. The van der Waals surface area contributed by atoms with E-state index in [1.54, 1.807) is 0 Å². The van der Waals surface area contributed by atoms with Crippen molar-refractivity contribution in [3.05, 3.63) is 236 Å². The van der Waals surface area contributed by atoms with Crippen LogP contribution in [-0.4, -0.2) is 9.97 Å². The molecule has 0 spiro atoms. The first-order valence-electron chi connectivity index (χ1n) is 20.8. The van der Waals surface area contributed by atoms with Crippen LogP contribution in [0.5, 0.6) is 0 Å². The van der Waals surface area contributed by atoms with Crippen molar-refractivity contribution in [2.75, 3.05) is 0 Å². The Kier molecular flexibility index (Phi) is 9.23. The third-order valence-corrected chi connectivity index (χ3v) is 11.9. The number of nitrogens with zero attached hydrogens (tertiary/aromatic N) is 3. The summed E-state index contributed by atoms with van der Waals surface area (Å²) in [5, 5.41) is 7.52. The summed E-state index contributed by atoms with van der Waals surface area (Å²) in [4.78, 5) is 13.8. The van der Waals surface area contributed by atoms with E-state index in [-0.39, 0.29) is 0 Å². The molecule has 0 aliphatic heterocycles. The molecule has 1 heterocycles. The molecule has 62 heavy (non-hydrogen) atoms. The van der Waals surface area contributed by atoms with E-state index < -0.39 is 0 Å². The van der Waals surface area contributed by atoms with E-state index in [1.165, 1.54) is 54.6 Å². The zero-order valence-corrected chi connectivity index (χ0v) is 33.7. The van der Waals surface area contributed by atoms with Gasteiger partial charge in [-0.2, -0.15) is 0 Å². The average Bonchev–Trinajstić information content (AvgIpc) is 3.36. The minimum absolute atomic E-state index is 0.617. The Morgan fingerprint density at radius 1 is 0.323 bits per heavy atom. The highest BCUT2D eigenvalue weighted by atomic mass is 14.9. The lowest BCUT2D eigenvalue weighted by molar-refractivity contribution is 1.18. The fourth-order valence-corrected chi connectivity index (χ4v) is 8.95. The first kappa shape index (κ1) is 36.6. The van der Waals surface area contributed by atoms with Crippen LogP contribution in [0.1, 0.15) is 0 Å². The van der Waals surface area contributed by atoms with Gasteiger partial charge in [0.15, 0.2) is 11.5 Å². The second-order valence-electron chi connectivity index (χ2n) is 15.6. The smallest absolute Gasteiger partial charge is 0.187 e. The van der Waals surface area contributed by atoms with E-state index in [0.717, 1.165) is 50.3 Å². The molecule has 0 saturated heterocycles. The van der Waals surface area contributed by atoms with Crippen LogP contribution >= 0.6 is 0 Å². The molecule has 3 heteroatoms. The molecule has 0 aliphatic carbocycles. The lowest BCUT2D eigenvalue weighted by atomic mass is 9.84. The second kappa shape index (κ2) is 15.6. The molecule has 0 fully saturated rings. The fraction of sp³-hybridized carbons (Fsp3) is 0. The predicted octanol–water partition coefficient (Wildman–Crippen LogP) is 16.2. The minimum atomic E-state index is 0.617. The van der Waals surface area contributed by atoms with Gasteiger partial charge in [0.2, 0.25) is 0 Å². The van der Waals surface area contributed by atoms with Gasteiger partial charge < -0.3 is 0 Å². The first-order chi connectivity index (χ1) is 30.7. The van der Waals surface area contributed by atoms with E-state index >= 15 is 0 Å². The van der Waals surface area contributed by atoms with Crippen molar-refractivity contribution in [3.8, 4) is 78.4 Å². The molecular formula is C59H37N3. The molecule has 0 saturated carbocycles. The third-order valence-electron chi connectivity index (χ3n) is 11.9. The molecule has 1 aromatic heterocycles. The molecule has 0 radical (unpaired) electrons. The van der Waals surface area contributed by atoms with Crippen molar-refractivity contribution in [2.45, 2.75) is 0 Å². The Hall–Kier alpha value is -8.45. The van der Waals surface area contributed by atoms with Crippen LogP contribution < -0.4 is 0 Å². The molecule has 0 amide bonds. The van der Waals surface area contributed by atoms with Gasteiger partial charge in [0, 0.05) is 16.7 Å². The van der Waals surface area contributed by atoms with Crippen LogP contribution in [0.25, 0.3) is 116 Å². The minimum Gasteiger partial charge on any atom is -0.238 e. The van der Waals surface area contributed by atoms with Gasteiger partial charge in [-0.1, -0.05) is 218 Å². The number of rotatable bonds is 7. The highest BCUT2D eigenvalue weighted by Crippen LogP contribution is 2.46. The van der Waals surface area contributed by atoms with Crippen molar-refractivity contribution < 1.29 is 0 Å². The second-order valence-corrected chi connectivity index (χ2v) is 15.6. The fourth-order valence-electron chi connectivity index (χ4n) is 8.95. The van der Waals surface area contributed by atoms with Crippen molar-refractivity contribution >= 4 is 38.0 Å². The van der Waals surface area contributed by atoms with Crippen molar-refractivity contribution in [1.82, 2.24) is 9.97 Å². The van der Waals surface area contributed by atoms with E-state index in [0.29, 0.717) is 11.5 Å². The molecule has 10 aromatic carbocycles. The number of fused-ring (bicyclic) bond motifs is 4. The van der Waals surface area contributed by atoms with Gasteiger partial charge in [-0.25, -0.2) is 14.8 Å². The largest absolute Gasteiger partial charge is 0.238 e. The van der Waals surface area contributed by atoms with Crippen LogP contribution in [0.4, 0.5) is 5.69 Å². The number of hydrogen-bond donors (Lipinski definition) is 0. The molecule has 3 nitrogen and oxygen atoms in total. The van der Waals surface area contributed by atoms with Crippen LogP contribution in [0.2, 0.25) is 0 Å². The maximum Gasteiger partial charge on any atom is 0.187 e. The van der Waals surface area contributed by atoms with Gasteiger partial charge in [-0.3, -0.25) is 0 Å². The summed E-state index contributed by atoms with van der Waals surface area (Å²) >= 11 is 0. The van der Waals surface area contributed by atoms with Gasteiger partial charge in [0.1, 0.15) is 0 Å². The summed E-state index contributed by atoms with van der Waals surface area (Å²) in [6.07, 6.45) is 0. The van der Waals surface area contributed by atoms with E-state index in [9.17, 15) is 0 Å². The average molecular weight is 788 g/mol. The Bertz CT molecular complexity index is 3480. The topological polar surface area (TPSA) is 30.1 Å². The Morgan fingerprint density at radius 2 is 0.823 bits per heavy atom. The molecule has 0 unspecified atom stereocenters. The molecule has 0 aliphatic rings. The summed E-state index contributed by atoms with van der Waals surface area (Å²) in [7, 11) is 0. The predicted molar refractivity (Wildman–Crippen MR) is 259 cm³/mol. The summed E-state index contributed by atoms with van der Waals surface area (Å²) in [6.45, 7) is 7.42. The molecule has 0 N–H and O–H groups in total. The van der Waals surface area contributed by atoms with E-state index in [4.69, 9.17) is 16.5 Å². The normalized spacial score (nSPS) is 11.2. The van der Waals surface area contributed by atoms with Gasteiger partial charge in [0.25, 0.3) is 0 Å². The van der Waals surface area contributed by atoms with Gasteiger partial charge in [0.05, 0.1) is 18.0 Å². The summed E-state index contributed by atoms with van der Waals surface area (Å²) < 4.78 is 0. The lowest BCUT2D eigenvalue weighted by Crippen LogP contribution is -1.97. The quantitative estimate of drug-likeness (QED) is 0.0915. The Morgan fingerprint density at radius 3 is 1.50 bits per heavy atom. The van der Waals surface area contributed by atoms with Gasteiger partial charge in [-0.05, 0) is 82.9 Å². The monoisotopic (exact) mass is 787 g/mol. The van der Waals surface area contributed by atoms with Crippen molar-refractivity contribution in [3.63, 3.8) is 0 Å². The highest BCUT2D eigenvalue weighted by Gasteiger charge is 2.19. The van der Waals surface area contributed by atoms with Crippen LogP contribution in [0, 0.1) is 6.57 Å². The number of hydrogen-bond acceptors (Lipinski definition) is 2. The number of benzene rings is 10. The zero-order chi connectivity index (χ0) is 41.4. The summed E-state index contributed by atoms with van der Waals surface area (Å²) in [5.41, 5.74) is 14.6. The lowest BCUT2D eigenvalue weighted by Gasteiger charge is -2.19. The maximum atomic E-state index is 7.42. The zero-order valence-electron chi connectivity index (χ0n) is 33.7. The Balaban J connectivity index is 0.987. The first-order valence-corrected chi connectivity index (χ1v) is 20.8. The maximum absolute atomic E-state index is 7.42. The Labute approximate surface area is 360 Å². The van der Waals surface area contributed by atoms with Crippen LogP contribution in [0.15, 0.2) is 224 Å². The van der Waals surface area contributed by atoms with Gasteiger partial charge in [-0.15, -0.1) is 0 Å². The number of aromatic nitrogens is 2. The molecule has 288 valence electrons. The molecule has 0 atom stereocenters. The standard InChI is InChI=1S/C59H37N3/c1-60-47-35-32-42(33-36-47)48-19-10-11-21-50(48)55-38-54(61-59(62-55)46-17-6-3-7-18-46)43-28-24-39(25-29-43)40-26-30-45(31-27-40)56-51-22-12-13-23-52(51)57(44-15-4-2-5-16-44)58-49-20-9-8-14-41(49)34-37-53(56)58/h2-38H. The van der Waals surface area contributed by atoms with Crippen LogP contribution in [-0.2, 0) is 0 Å². The third kappa shape index (κ3) is 6.57. The van der Waals surface area contributed by atoms with Crippen LogP contribution in [0.3, 0.4) is 0 Å².